The lowest BCUT2D eigenvalue weighted by Crippen LogP contribution is -2.52. The van der Waals surface area contributed by atoms with E-state index in [1.807, 2.05) is 30.3 Å². The van der Waals surface area contributed by atoms with E-state index in [0.29, 0.717) is 12.8 Å². The molecule has 44 heavy (non-hydrogen) atoms. The number of ether oxygens (including phenoxy) is 4. The van der Waals surface area contributed by atoms with Crippen LogP contribution < -0.4 is 20.9 Å². The van der Waals surface area contributed by atoms with E-state index in [2.05, 4.69) is 28.0 Å². The number of piperidine rings is 2. The summed E-state index contributed by atoms with van der Waals surface area (Å²) < 4.78 is 20.1. The predicted molar refractivity (Wildman–Crippen MR) is 172 cm³/mol. The zero-order valence-electron chi connectivity index (χ0n) is 26.9. The number of nitrogens with two attached hydrogens (primary N) is 2. The Kier molecular flexibility index (Phi) is 14.9. The van der Waals surface area contributed by atoms with Crippen LogP contribution in [0, 0.1) is 11.8 Å². The van der Waals surface area contributed by atoms with Crippen molar-refractivity contribution in [3.8, 4) is 11.5 Å². The van der Waals surface area contributed by atoms with E-state index >= 15 is 0 Å². The van der Waals surface area contributed by atoms with Crippen LogP contribution in [0.25, 0.3) is 0 Å². The fourth-order valence-electron chi connectivity index (χ4n) is 6.23. The molecule has 2 heterocycles. The second kappa shape index (κ2) is 18.6. The van der Waals surface area contributed by atoms with Crippen LogP contribution in [0.2, 0.25) is 0 Å². The molecule has 2 aliphatic heterocycles. The number of carbonyl (C=O) groups excluding carboxylic acids is 2. The van der Waals surface area contributed by atoms with Crippen molar-refractivity contribution in [1.82, 2.24) is 9.80 Å². The average molecular weight is 613 g/mol. The molecule has 2 aromatic rings. The third-order valence-corrected chi connectivity index (χ3v) is 8.36. The number of rotatable bonds is 12. The summed E-state index contributed by atoms with van der Waals surface area (Å²) in [7, 11) is 6.19. The highest BCUT2D eigenvalue weighted by molar-refractivity contribution is 5.70. The van der Waals surface area contributed by atoms with Gasteiger partial charge in [0, 0.05) is 64.2 Å². The van der Waals surface area contributed by atoms with E-state index in [1.54, 1.807) is 14.2 Å². The first kappa shape index (κ1) is 35.3. The first-order valence-corrected chi connectivity index (χ1v) is 15.6. The first-order chi connectivity index (χ1) is 21.2. The van der Waals surface area contributed by atoms with E-state index in [-0.39, 0.29) is 35.9 Å². The monoisotopic (exact) mass is 612 g/mol. The van der Waals surface area contributed by atoms with Crippen LogP contribution in [0.5, 0.6) is 11.5 Å². The Balaban J connectivity index is 0.000000257. The molecule has 0 radical (unpaired) electrons. The molecule has 10 nitrogen and oxygen atoms in total. The molecule has 10 heteroatoms. The maximum absolute atomic E-state index is 11.7. The summed E-state index contributed by atoms with van der Waals surface area (Å²) in [5.74, 6) is 1.79. The average Bonchev–Trinajstić information content (AvgIpc) is 3.02. The standard InChI is InChI=1S/C20H29NO5.C14H23N3O/c1-24-18-6-4-5-15(10-18)7-8-21-13-16(11-19(22)25-2)9-17(14-21)12-20(23)26-3;1-18-14-4-2-3-11(7-14)5-6-17-9-12(15)8-13(16)10-17/h4-6,10,16-17H,7-9,11-14H2,1-3H3;2-4,7,12-13H,5-6,8-10,15-16H2,1H3/t16-,17+;12-,13+. The minimum atomic E-state index is -0.193. The zero-order chi connectivity index (χ0) is 31.9. The predicted octanol–water partition coefficient (Wildman–Crippen LogP) is 2.90. The largest absolute Gasteiger partial charge is 0.497 e. The van der Waals surface area contributed by atoms with Gasteiger partial charge in [0.2, 0.25) is 0 Å². The van der Waals surface area contributed by atoms with Crippen molar-refractivity contribution in [2.75, 3.05) is 67.7 Å². The van der Waals surface area contributed by atoms with Crippen LogP contribution in [0.15, 0.2) is 48.5 Å². The van der Waals surface area contributed by atoms with Crippen molar-refractivity contribution in [3.63, 3.8) is 0 Å². The number of likely N-dealkylation sites (tertiary alicyclic amines) is 2. The Morgan fingerprint density at radius 1 is 0.682 bits per heavy atom. The lowest BCUT2D eigenvalue weighted by molar-refractivity contribution is -0.143. The van der Waals surface area contributed by atoms with Gasteiger partial charge in [0.25, 0.3) is 0 Å². The Labute approximate surface area is 262 Å². The molecule has 4 N–H and O–H groups in total. The Hall–Kier alpha value is -3.18. The van der Waals surface area contributed by atoms with Gasteiger partial charge in [0.1, 0.15) is 11.5 Å². The maximum atomic E-state index is 11.7. The normalized spacial score (nSPS) is 22.3. The summed E-state index contributed by atoms with van der Waals surface area (Å²) in [6.45, 7) is 5.49. The maximum Gasteiger partial charge on any atom is 0.305 e. The lowest BCUT2D eigenvalue weighted by Gasteiger charge is -2.37. The summed E-state index contributed by atoms with van der Waals surface area (Å²) in [5, 5.41) is 0. The van der Waals surface area contributed by atoms with Crippen molar-refractivity contribution < 1.29 is 28.5 Å². The fraction of sp³-hybridized carbons (Fsp3) is 0.588. The molecule has 0 bridgehead atoms. The molecule has 0 aromatic heterocycles. The lowest BCUT2D eigenvalue weighted by atomic mass is 9.85. The molecule has 0 unspecified atom stereocenters. The van der Waals surface area contributed by atoms with Crippen molar-refractivity contribution in [1.29, 1.82) is 0 Å². The molecule has 244 valence electrons. The summed E-state index contributed by atoms with van der Waals surface area (Å²) in [4.78, 5) is 28.0. The van der Waals surface area contributed by atoms with Gasteiger partial charge < -0.3 is 35.3 Å². The van der Waals surface area contributed by atoms with Gasteiger partial charge in [0.15, 0.2) is 0 Å². The van der Waals surface area contributed by atoms with Gasteiger partial charge in [-0.3, -0.25) is 14.5 Å². The molecule has 0 aliphatic carbocycles. The Bertz CT molecular complexity index is 1130. The number of nitrogens with zero attached hydrogens (tertiary/aromatic N) is 2. The number of benzene rings is 2. The summed E-state index contributed by atoms with van der Waals surface area (Å²) >= 11 is 0. The number of methoxy groups -OCH3 is 4. The molecule has 4 rings (SSSR count). The highest BCUT2D eigenvalue weighted by Crippen LogP contribution is 2.28. The molecule has 2 fully saturated rings. The molecule has 2 saturated heterocycles. The third-order valence-electron chi connectivity index (χ3n) is 8.36. The minimum Gasteiger partial charge on any atom is -0.497 e. The molecule has 0 saturated carbocycles. The van der Waals surface area contributed by atoms with Gasteiger partial charge in [-0.15, -0.1) is 0 Å². The van der Waals surface area contributed by atoms with E-state index in [4.69, 9.17) is 30.4 Å². The molecule has 4 atom stereocenters. The van der Waals surface area contributed by atoms with Crippen molar-refractivity contribution >= 4 is 11.9 Å². The molecule has 2 aromatic carbocycles. The highest BCUT2D eigenvalue weighted by atomic mass is 16.5. The number of esters is 2. The first-order valence-electron chi connectivity index (χ1n) is 15.6. The van der Waals surface area contributed by atoms with Crippen molar-refractivity contribution in [2.24, 2.45) is 23.3 Å². The van der Waals surface area contributed by atoms with E-state index in [9.17, 15) is 9.59 Å². The summed E-state index contributed by atoms with van der Waals surface area (Å²) in [5.41, 5.74) is 14.5. The minimum absolute atomic E-state index is 0.193. The highest BCUT2D eigenvalue weighted by Gasteiger charge is 2.30. The fourth-order valence-corrected chi connectivity index (χ4v) is 6.23. The number of hydrogen-bond acceptors (Lipinski definition) is 10. The van der Waals surface area contributed by atoms with Crippen LogP contribution in [0.4, 0.5) is 0 Å². The third kappa shape index (κ3) is 12.4. The molecular weight excluding hydrogens is 560 g/mol. The van der Waals surface area contributed by atoms with Gasteiger partial charge in [-0.2, -0.15) is 0 Å². The summed E-state index contributed by atoms with van der Waals surface area (Å²) in [6.07, 6.45) is 4.48. The van der Waals surface area contributed by atoms with Crippen LogP contribution in [0.1, 0.15) is 36.8 Å². The van der Waals surface area contributed by atoms with Crippen LogP contribution in [-0.4, -0.2) is 102 Å². The van der Waals surface area contributed by atoms with E-state index in [1.165, 1.54) is 25.3 Å². The van der Waals surface area contributed by atoms with Crippen LogP contribution in [-0.2, 0) is 31.9 Å². The SMILES string of the molecule is COC(=O)C[C@@H]1C[C@H](CC(=O)OC)CN(CCc2cccc(OC)c2)C1.COc1cccc(CCN2C[C@H](N)C[C@H](N)C2)c1. The van der Waals surface area contributed by atoms with Crippen LogP contribution in [0.3, 0.4) is 0 Å². The molecule has 2 aliphatic rings. The topological polar surface area (TPSA) is 130 Å². The van der Waals surface area contributed by atoms with Gasteiger partial charge in [0.05, 0.1) is 28.4 Å². The van der Waals surface area contributed by atoms with Gasteiger partial charge in [-0.25, -0.2) is 0 Å². The van der Waals surface area contributed by atoms with Crippen LogP contribution >= 0.6 is 0 Å². The zero-order valence-corrected chi connectivity index (χ0v) is 26.9. The summed E-state index contributed by atoms with van der Waals surface area (Å²) in [6, 6.07) is 16.7. The van der Waals surface area contributed by atoms with Gasteiger partial charge >= 0.3 is 11.9 Å². The van der Waals surface area contributed by atoms with Crippen molar-refractivity contribution in [2.45, 2.75) is 50.6 Å². The van der Waals surface area contributed by atoms with E-state index in [0.717, 1.165) is 76.5 Å². The second-order valence-electron chi connectivity index (χ2n) is 12.0. The van der Waals surface area contributed by atoms with Crippen molar-refractivity contribution in [3.05, 3.63) is 59.7 Å². The molecule has 0 amide bonds. The molecular formula is C34H52N4O6. The number of hydrogen-bond donors (Lipinski definition) is 2. The quantitative estimate of drug-likeness (QED) is 0.345. The van der Waals surface area contributed by atoms with Gasteiger partial charge in [-0.1, -0.05) is 24.3 Å². The van der Waals surface area contributed by atoms with E-state index < -0.39 is 0 Å². The Morgan fingerprint density at radius 3 is 1.52 bits per heavy atom. The second-order valence-corrected chi connectivity index (χ2v) is 12.0. The Morgan fingerprint density at radius 2 is 1.11 bits per heavy atom. The number of carbonyl (C=O) groups is 2. The van der Waals surface area contributed by atoms with Gasteiger partial charge in [-0.05, 0) is 72.9 Å². The molecule has 0 spiro atoms. The smallest absolute Gasteiger partial charge is 0.305 e.